The molecule has 0 bridgehead atoms. The molecule has 3 unspecified atom stereocenters. The number of carbonyl (C=O) groups excluding carboxylic acids is 2. The van der Waals surface area contributed by atoms with Crippen molar-refractivity contribution in [2.75, 3.05) is 13.1 Å². The van der Waals surface area contributed by atoms with Gasteiger partial charge >= 0.3 is 0 Å². The third kappa shape index (κ3) is 2.52. The van der Waals surface area contributed by atoms with Gasteiger partial charge in [0.2, 0.25) is 11.8 Å². The summed E-state index contributed by atoms with van der Waals surface area (Å²) < 4.78 is 0. The van der Waals surface area contributed by atoms with Crippen LogP contribution in [0.1, 0.15) is 26.2 Å². The second kappa shape index (κ2) is 4.82. The van der Waals surface area contributed by atoms with E-state index in [1.807, 2.05) is 0 Å². The summed E-state index contributed by atoms with van der Waals surface area (Å²) in [5.41, 5.74) is 0. The highest BCUT2D eigenvalue weighted by atomic mass is 16.2. The Balaban J connectivity index is 1.73. The standard InChI is InChI=1S/C11H19N3O2/c1-7-4-5-12-10(7)11(16)13-6-8-2-3-9(15)14-8/h7-8,10,12H,2-6H2,1H3,(H,13,16)(H,14,15). The summed E-state index contributed by atoms with van der Waals surface area (Å²) in [5, 5.41) is 8.93. The molecule has 2 saturated heterocycles. The summed E-state index contributed by atoms with van der Waals surface area (Å²) in [5.74, 6) is 0.552. The maximum Gasteiger partial charge on any atom is 0.237 e. The SMILES string of the molecule is CC1CCNC1C(=O)NCC1CCC(=O)N1. The van der Waals surface area contributed by atoms with Gasteiger partial charge in [0.1, 0.15) is 0 Å². The van der Waals surface area contributed by atoms with Crippen LogP contribution in [0, 0.1) is 5.92 Å². The van der Waals surface area contributed by atoms with E-state index in [9.17, 15) is 9.59 Å². The molecule has 5 heteroatoms. The second-order valence-electron chi connectivity index (χ2n) is 4.75. The van der Waals surface area contributed by atoms with Crippen LogP contribution in [0.25, 0.3) is 0 Å². The molecule has 90 valence electrons. The van der Waals surface area contributed by atoms with Crippen molar-refractivity contribution < 1.29 is 9.59 Å². The average Bonchev–Trinajstić information content (AvgIpc) is 2.84. The van der Waals surface area contributed by atoms with Crippen molar-refractivity contribution in [3.8, 4) is 0 Å². The van der Waals surface area contributed by atoms with Crippen molar-refractivity contribution in [2.24, 2.45) is 5.92 Å². The van der Waals surface area contributed by atoms with Crippen molar-refractivity contribution in [1.29, 1.82) is 0 Å². The molecule has 16 heavy (non-hydrogen) atoms. The molecule has 0 aromatic rings. The largest absolute Gasteiger partial charge is 0.353 e. The Labute approximate surface area is 95.3 Å². The normalized spacial score (nSPS) is 33.8. The van der Waals surface area contributed by atoms with Crippen LogP contribution >= 0.6 is 0 Å². The molecule has 0 radical (unpaired) electrons. The summed E-state index contributed by atoms with van der Waals surface area (Å²) in [6.45, 7) is 3.55. The molecule has 3 atom stereocenters. The van der Waals surface area contributed by atoms with E-state index in [1.54, 1.807) is 0 Å². The summed E-state index contributed by atoms with van der Waals surface area (Å²) in [6.07, 6.45) is 2.46. The molecule has 0 spiro atoms. The van der Waals surface area contributed by atoms with Gasteiger partial charge < -0.3 is 16.0 Å². The van der Waals surface area contributed by atoms with Crippen LogP contribution in [-0.4, -0.2) is 37.0 Å². The third-order valence-electron chi connectivity index (χ3n) is 3.42. The highest BCUT2D eigenvalue weighted by molar-refractivity contribution is 5.83. The summed E-state index contributed by atoms with van der Waals surface area (Å²) >= 11 is 0. The van der Waals surface area contributed by atoms with E-state index in [1.165, 1.54) is 0 Å². The zero-order valence-corrected chi connectivity index (χ0v) is 9.58. The molecule has 0 aromatic heterocycles. The lowest BCUT2D eigenvalue weighted by Crippen LogP contribution is -2.47. The molecule has 3 N–H and O–H groups in total. The molecule has 0 aliphatic carbocycles. The number of carbonyl (C=O) groups is 2. The fraction of sp³-hybridized carbons (Fsp3) is 0.818. The minimum atomic E-state index is -0.0582. The van der Waals surface area contributed by atoms with Crippen LogP contribution in [0.5, 0.6) is 0 Å². The Morgan fingerprint density at radius 3 is 2.88 bits per heavy atom. The van der Waals surface area contributed by atoms with Crippen LogP contribution < -0.4 is 16.0 Å². The van der Waals surface area contributed by atoms with Crippen LogP contribution in [0.15, 0.2) is 0 Å². The number of hydrogen-bond acceptors (Lipinski definition) is 3. The van der Waals surface area contributed by atoms with Gasteiger partial charge in [0.25, 0.3) is 0 Å². The lowest BCUT2D eigenvalue weighted by atomic mass is 10.0. The Bertz CT molecular complexity index is 293. The van der Waals surface area contributed by atoms with E-state index in [-0.39, 0.29) is 23.9 Å². The molecule has 2 fully saturated rings. The molecule has 2 heterocycles. The third-order valence-corrected chi connectivity index (χ3v) is 3.42. The number of rotatable bonds is 3. The zero-order valence-electron chi connectivity index (χ0n) is 9.58. The predicted molar refractivity (Wildman–Crippen MR) is 59.7 cm³/mol. The zero-order chi connectivity index (χ0) is 11.5. The second-order valence-corrected chi connectivity index (χ2v) is 4.75. The van der Waals surface area contributed by atoms with Crippen molar-refractivity contribution in [3.63, 3.8) is 0 Å². The van der Waals surface area contributed by atoms with Gasteiger partial charge in [-0.3, -0.25) is 9.59 Å². The van der Waals surface area contributed by atoms with Crippen LogP contribution in [0.4, 0.5) is 0 Å². The molecular formula is C11H19N3O2. The van der Waals surface area contributed by atoms with Crippen molar-refractivity contribution in [3.05, 3.63) is 0 Å². The molecule has 0 saturated carbocycles. The van der Waals surface area contributed by atoms with Gasteiger partial charge in [-0.15, -0.1) is 0 Å². The molecule has 0 aromatic carbocycles. The van der Waals surface area contributed by atoms with E-state index < -0.39 is 0 Å². The Hall–Kier alpha value is -1.10. The summed E-state index contributed by atoms with van der Waals surface area (Å²) in [6, 6.07) is 0.0604. The van der Waals surface area contributed by atoms with Gasteiger partial charge in [-0.25, -0.2) is 0 Å². The lowest BCUT2D eigenvalue weighted by Gasteiger charge is -2.17. The topological polar surface area (TPSA) is 70.2 Å². The minimum Gasteiger partial charge on any atom is -0.353 e. The highest BCUT2D eigenvalue weighted by Crippen LogP contribution is 2.14. The quantitative estimate of drug-likeness (QED) is 0.599. The Morgan fingerprint density at radius 1 is 1.50 bits per heavy atom. The molecule has 2 amide bonds. The number of hydrogen-bond donors (Lipinski definition) is 3. The van der Waals surface area contributed by atoms with Crippen LogP contribution in [0.2, 0.25) is 0 Å². The minimum absolute atomic E-state index is 0.0582. The predicted octanol–water partition coefficient (Wildman–Crippen LogP) is -0.621. The lowest BCUT2D eigenvalue weighted by molar-refractivity contribution is -0.124. The van der Waals surface area contributed by atoms with E-state index >= 15 is 0 Å². The summed E-state index contributed by atoms with van der Waals surface area (Å²) in [7, 11) is 0. The molecule has 2 rings (SSSR count). The molecular weight excluding hydrogens is 206 g/mol. The van der Waals surface area contributed by atoms with Crippen LogP contribution in [-0.2, 0) is 9.59 Å². The fourth-order valence-electron chi connectivity index (χ4n) is 2.35. The van der Waals surface area contributed by atoms with E-state index in [0.717, 1.165) is 19.4 Å². The van der Waals surface area contributed by atoms with Gasteiger partial charge in [-0.1, -0.05) is 6.92 Å². The molecule has 2 aliphatic rings. The monoisotopic (exact) mass is 225 g/mol. The van der Waals surface area contributed by atoms with Gasteiger partial charge in [0, 0.05) is 19.0 Å². The first-order valence-electron chi connectivity index (χ1n) is 5.97. The maximum atomic E-state index is 11.8. The van der Waals surface area contributed by atoms with E-state index in [4.69, 9.17) is 0 Å². The van der Waals surface area contributed by atoms with E-state index in [0.29, 0.717) is 18.9 Å². The van der Waals surface area contributed by atoms with Crippen molar-refractivity contribution >= 4 is 11.8 Å². The summed E-state index contributed by atoms with van der Waals surface area (Å²) in [4.78, 5) is 22.8. The smallest absolute Gasteiger partial charge is 0.237 e. The number of amides is 2. The van der Waals surface area contributed by atoms with Gasteiger partial charge in [0.05, 0.1) is 6.04 Å². The fourth-order valence-corrected chi connectivity index (χ4v) is 2.35. The molecule has 5 nitrogen and oxygen atoms in total. The first kappa shape index (κ1) is 11.4. The van der Waals surface area contributed by atoms with E-state index in [2.05, 4.69) is 22.9 Å². The van der Waals surface area contributed by atoms with Crippen molar-refractivity contribution in [2.45, 2.75) is 38.3 Å². The highest BCUT2D eigenvalue weighted by Gasteiger charge is 2.30. The first-order chi connectivity index (χ1) is 7.66. The van der Waals surface area contributed by atoms with Gasteiger partial charge in [-0.2, -0.15) is 0 Å². The van der Waals surface area contributed by atoms with Crippen LogP contribution in [0.3, 0.4) is 0 Å². The Morgan fingerprint density at radius 2 is 2.31 bits per heavy atom. The Kier molecular flexibility index (Phi) is 3.43. The number of nitrogens with one attached hydrogen (secondary N) is 3. The maximum absolute atomic E-state index is 11.8. The average molecular weight is 225 g/mol. The van der Waals surface area contributed by atoms with Crippen molar-refractivity contribution in [1.82, 2.24) is 16.0 Å². The first-order valence-corrected chi connectivity index (χ1v) is 5.97. The molecule has 2 aliphatic heterocycles. The van der Waals surface area contributed by atoms with Gasteiger partial charge in [0.15, 0.2) is 0 Å². The van der Waals surface area contributed by atoms with Gasteiger partial charge in [-0.05, 0) is 25.3 Å².